The molecule has 0 saturated heterocycles. The lowest BCUT2D eigenvalue weighted by Gasteiger charge is -2.37. The molecule has 0 heterocycles. The van der Waals surface area contributed by atoms with E-state index in [0.717, 1.165) is 17.6 Å². The molecule has 1 aliphatic rings. The summed E-state index contributed by atoms with van der Waals surface area (Å²) >= 11 is 0. The van der Waals surface area contributed by atoms with Crippen molar-refractivity contribution in [2.45, 2.75) is 52.1 Å². The summed E-state index contributed by atoms with van der Waals surface area (Å²) in [5.74, 6) is 2.49. The molecule has 2 heteroatoms. The second-order valence-electron chi connectivity index (χ2n) is 6.07. The summed E-state index contributed by atoms with van der Waals surface area (Å²) in [5, 5.41) is 3.83. The molecule has 0 amide bonds. The highest BCUT2D eigenvalue weighted by Gasteiger charge is 2.28. The van der Waals surface area contributed by atoms with E-state index in [4.69, 9.17) is 4.74 Å². The van der Waals surface area contributed by atoms with Gasteiger partial charge in [-0.05, 0) is 49.3 Å². The number of ether oxygens (including phenoxy) is 1. The Morgan fingerprint density at radius 1 is 1.11 bits per heavy atom. The second kappa shape index (κ2) is 6.42. The number of methoxy groups -OCH3 is 1. The molecule has 0 aromatic heterocycles. The fourth-order valence-corrected chi connectivity index (χ4v) is 3.29. The zero-order valence-electron chi connectivity index (χ0n) is 12.6. The monoisotopic (exact) mass is 261 g/mol. The van der Waals surface area contributed by atoms with Gasteiger partial charge < -0.3 is 10.1 Å². The summed E-state index contributed by atoms with van der Waals surface area (Å²) in [4.78, 5) is 0. The van der Waals surface area contributed by atoms with Crippen LogP contribution in [-0.2, 0) is 0 Å². The molecule has 1 fully saturated rings. The molecule has 0 radical (unpaired) electrons. The highest BCUT2D eigenvalue weighted by Crippen LogP contribution is 2.30. The zero-order valence-corrected chi connectivity index (χ0v) is 12.6. The van der Waals surface area contributed by atoms with E-state index >= 15 is 0 Å². The minimum Gasteiger partial charge on any atom is -0.497 e. The Morgan fingerprint density at radius 2 is 1.68 bits per heavy atom. The molecule has 1 aliphatic carbocycles. The van der Waals surface area contributed by atoms with Crippen LogP contribution >= 0.6 is 0 Å². The smallest absolute Gasteiger partial charge is 0.118 e. The number of benzene rings is 1. The highest BCUT2D eigenvalue weighted by atomic mass is 16.5. The van der Waals surface area contributed by atoms with Crippen molar-refractivity contribution in [3.8, 4) is 5.75 Å². The maximum absolute atomic E-state index is 5.21. The van der Waals surface area contributed by atoms with E-state index in [-0.39, 0.29) is 0 Å². The molecule has 0 aliphatic heterocycles. The first-order valence-electron chi connectivity index (χ1n) is 7.51. The lowest BCUT2D eigenvalue weighted by molar-refractivity contribution is 0.196. The predicted molar refractivity (Wildman–Crippen MR) is 80.5 cm³/mol. The zero-order chi connectivity index (χ0) is 13.8. The van der Waals surface area contributed by atoms with Gasteiger partial charge in [0.05, 0.1) is 7.11 Å². The van der Waals surface area contributed by atoms with Crippen molar-refractivity contribution in [1.29, 1.82) is 0 Å². The third-order valence-corrected chi connectivity index (χ3v) is 4.60. The summed E-state index contributed by atoms with van der Waals surface area (Å²) in [6.45, 7) is 7.03. The molecule has 19 heavy (non-hydrogen) atoms. The van der Waals surface area contributed by atoms with Crippen LogP contribution in [0.15, 0.2) is 24.3 Å². The van der Waals surface area contributed by atoms with Crippen LogP contribution < -0.4 is 10.1 Å². The van der Waals surface area contributed by atoms with Gasteiger partial charge in [0.1, 0.15) is 5.75 Å². The van der Waals surface area contributed by atoms with E-state index in [9.17, 15) is 0 Å². The second-order valence-corrected chi connectivity index (χ2v) is 6.07. The first kappa shape index (κ1) is 14.4. The average molecular weight is 261 g/mol. The predicted octanol–water partition coefficient (Wildman–Crippen LogP) is 4.17. The lowest BCUT2D eigenvalue weighted by Crippen LogP contribution is -2.43. The van der Waals surface area contributed by atoms with Gasteiger partial charge in [0.15, 0.2) is 0 Å². The third kappa shape index (κ3) is 3.50. The van der Waals surface area contributed by atoms with Crippen molar-refractivity contribution in [1.82, 2.24) is 5.32 Å². The van der Waals surface area contributed by atoms with Gasteiger partial charge in [-0.1, -0.05) is 32.4 Å². The summed E-state index contributed by atoms with van der Waals surface area (Å²) in [5.41, 5.74) is 1.34. The van der Waals surface area contributed by atoms with Gasteiger partial charge in [0.25, 0.3) is 0 Å². The van der Waals surface area contributed by atoms with Crippen LogP contribution in [-0.4, -0.2) is 13.2 Å². The van der Waals surface area contributed by atoms with Crippen molar-refractivity contribution in [2.24, 2.45) is 11.8 Å². The molecule has 1 N–H and O–H groups in total. The minimum atomic E-state index is 0.402. The highest BCUT2D eigenvalue weighted by molar-refractivity contribution is 5.28. The molecular formula is C17H27NO. The van der Waals surface area contributed by atoms with Crippen LogP contribution in [0.5, 0.6) is 5.75 Å². The molecule has 0 spiro atoms. The standard InChI is InChI=1S/C17H27NO/c1-12-6-5-7-13(2)17(12)18-14(3)15-8-10-16(19-4)11-9-15/h8-14,17-18H,5-7H2,1-4H3/t12?,13?,14-,17?/m0/s1. The minimum absolute atomic E-state index is 0.402. The molecule has 1 aromatic carbocycles. The molecular weight excluding hydrogens is 234 g/mol. The Kier molecular flexibility index (Phi) is 4.87. The van der Waals surface area contributed by atoms with E-state index in [1.54, 1.807) is 7.11 Å². The molecule has 1 saturated carbocycles. The van der Waals surface area contributed by atoms with Crippen LogP contribution in [0.25, 0.3) is 0 Å². The molecule has 2 nitrogen and oxygen atoms in total. The topological polar surface area (TPSA) is 21.3 Å². The van der Waals surface area contributed by atoms with Gasteiger partial charge in [-0.25, -0.2) is 0 Å². The summed E-state index contributed by atoms with van der Waals surface area (Å²) in [6, 6.07) is 9.45. The molecule has 1 aromatic rings. The molecule has 106 valence electrons. The van der Waals surface area contributed by atoms with Gasteiger partial charge in [0, 0.05) is 12.1 Å². The van der Waals surface area contributed by atoms with Crippen molar-refractivity contribution >= 4 is 0 Å². The number of nitrogens with one attached hydrogen (secondary N) is 1. The van der Waals surface area contributed by atoms with E-state index < -0.39 is 0 Å². The van der Waals surface area contributed by atoms with Crippen LogP contribution in [0.4, 0.5) is 0 Å². The van der Waals surface area contributed by atoms with E-state index in [1.807, 2.05) is 12.1 Å². The SMILES string of the molecule is COc1ccc([C@H](C)NC2C(C)CCCC2C)cc1. The van der Waals surface area contributed by atoms with Gasteiger partial charge in [-0.2, -0.15) is 0 Å². The van der Waals surface area contributed by atoms with Crippen molar-refractivity contribution in [3.05, 3.63) is 29.8 Å². The first-order valence-corrected chi connectivity index (χ1v) is 7.51. The van der Waals surface area contributed by atoms with Crippen LogP contribution in [0.1, 0.15) is 51.6 Å². The Morgan fingerprint density at radius 3 is 2.21 bits per heavy atom. The van der Waals surface area contributed by atoms with E-state index in [1.165, 1.54) is 24.8 Å². The van der Waals surface area contributed by atoms with E-state index in [2.05, 4.69) is 38.2 Å². The number of hydrogen-bond acceptors (Lipinski definition) is 2. The average Bonchev–Trinajstić information content (AvgIpc) is 2.43. The van der Waals surface area contributed by atoms with Gasteiger partial charge in [-0.15, -0.1) is 0 Å². The Balaban J connectivity index is 2.00. The van der Waals surface area contributed by atoms with E-state index in [0.29, 0.717) is 12.1 Å². The number of rotatable bonds is 4. The fourth-order valence-electron chi connectivity index (χ4n) is 3.29. The van der Waals surface area contributed by atoms with Gasteiger partial charge in [-0.3, -0.25) is 0 Å². The van der Waals surface area contributed by atoms with Crippen molar-refractivity contribution in [3.63, 3.8) is 0 Å². The number of hydrogen-bond donors (Lipinski definition) is 1. The van der Waals surface area contributed by atoms with Crippen molar-refractivity contribution in [2.75, 3.05) is 7.11 Å². The maximum atomic E-state index is 5.21. The summed E-state index contributed by atoms with van der Waals surface area (Å²) < 4.78 is 5.21. The van der Waals surface area contributed by atoms with Crippen LogP contribution in [0.2, 0.25) is 0 Å². The van der Waals surface area contributed by atoms with Crippen molar-refractivity contribution < 1.29 is 4.74 Å². The fraction of sp³-hybridized carbons (Fsp3) is 0.647. The van der Waals surface area contributed by atoms with Crippen LogP contribution in [0, 0.1) is 11.8 Å². The first-order chi connectivity index (χ1) is 9.11. The maximum Gasteiger partial charge on any atom is 0.118 e. The third-order valence-electron chi connectivity index (χ3n) is 4.60. The molecule has 0 bridgehead atoms. The molecule has 2 rings (SSSR count). The Bertz CT molecular complexity index is 377. The van der Waals surface area contributed by atoms with Gasteiger partial charge >= 0.3 is 0 Å². The van der Waals surface area contributed by atoms with Gasteiger partial charge in [0.2, 0.25) is 0 Å². The summed E-state index contributed by atoms with van der Waals surface area (Å²) in [7, 11) is 1.71. The normalized spacial score (nSPS) is 28.9. The van der Waals surface area contributed by atoms with Crippen LogP contribution in [0.3, 0.4) is 0 Å². The Hall–Kier alpha value is -1.02. The Labute approximate surface area is 117 Å². The quantitative estimate of drug-likeness (QED) is 0.878. The summed E-state index contributed by atoms with van der Waals surface area (Å²) in [6.07, 6.45) is 4.10. The largest absolute Gasteiger partial charge is 0.497 e. The molecule has 3 atom stereocenters. The lowest BCUT2D eigenvalue weighted by atomic mass is 9.78. The molecule has 2 unspecified atom stereocenters.